The number of rotatable bonds is 4. The van der Waals surface area contributed by atoms with Crippen molar-refractivity contribution in [2.24, 2.45) is 0 Å². The Morgan fingerprint density at radius 3 is 2.75 bits per heavy atom. The Morgan fingerprint density at radius 1 is 1.20 bits per heavy atom. The molecule has 0 heterocycles. The molecular weight excluding hydrogens is 255 g/mol. The van der Waals surface area contributed by atoms with Gasteiger partial charge in [0.05, 0.1) is 6.10 Å². The summed E-state index contributed by atoms with van der Waals surface area (Å²) in [7, 11) is 0. The summed E-state index contributed by atoms with van der Waals surface area (Å²) >= 11 is 0. The van der Waals surface area contributed by atoms with Crippen molar-refractivity contribution in [1.29, 1.82) is 0 Å². The largest absolute Gasteiger partial charge is 0.490 e. The fraction of sp³-hybridized carbons (Fsp3) is 0.294. The van der Waals surface area contributed by atoms with Crippen LogP contribution in [0, 0.1) is 12.7 Å². The fourth-order valence-corrected chi connectivity index (χ4v) is 2.22. The molecule has 1 N–H and O–H groups in total. The predicted octanol–water partition coefficient (Wildman–Crippen LogP) is 3.76. The molecule has 2 aromatic rings. The Labute approximate surface area is 117 Å². The number of aryl methyl sites for hydroxylation is 1. The van der Waals surface area contributed by atoms with Gasteiger partial charge >= 0.3 is 0 Å². The maximum Gasteiger partial charge on any atom is 0.123 e. The van der Waals surface area contributed by atoms with E-state index in [0.717, 1.165) is 29.7 Å². The maximum absolute atomic E-state index is 13.3. The van der Waals surface area contributed by atoms with Crippen LogP contribution in [-0.4, -0.2) is 11.2 Å². The van der Waals surface area contributed by atoms with Crippen molar-refractivity contribution in [2.45, 2.75) is 32.0 Å². The van der Waals surface area contributed by atoms with E-state index in [-0.39, 0.29) is 5.82 Å². The van der Waals surface area contributed by atoms with Gasteiger partial charge in [-0.3, -0.25) is 0 Å². The zero-order valence-electron chi connectivity index (χ0n) is 11.3. The highest BCUT2D eigenvalue weighted by Gasteiger charge is 2.24. The van der Waals surface area contributed by atoms with Crippen molar-refractivity contribution < 1.29 is 14.2 Å². The summed E-state index contributed by atoms with van der Waals surface area (Å²) in [6, 6.07) is 11.9. The van der Waals surface area contributed by atoms with Gasteiger partial charge in [-0.25, -0.2) is 4.39 Å². The molecule has 0 saturated heterocycles. The normalized spacial score (nSPS) is 15.9. The van der Waals surface area contributed by atoms with E-state index in [4.69, 9.17) is 4.74 Å². The van der Waals surface area contributed by atoms with Gasteiger partial charge in [0.25, 0.3) is 0 Å². The number of hydrogen-bond acceptors (Lipinski definition) is 2. The van der Waals surface area contributed by atoms with Crippen LogP contribution < -0.4 is 4.74 Å². The summed E-state index contributed by atoms with van der Waals surface area (Å²) < 4.78 is 19.1. The molecule has 0 aromatic heterocycles. The molecule has 1 aliphatic rings. The monoisotopic (exact) mass is 272 g/mol. The van der Waals surface area contributed by atoms with E-state index in [0.29, 0.717) is 11.7 Å². The van der Waals surface area contributed by atoms with Crippen LogP contribution in [0.2, 0.25) is 0 Å². The molecule has 1 aliphatic carbocycles. The minimum absolute atomic E-state index is 0.318. The van der Waals surface area contributed by atoms with Crippen LogP contribution in [0.25, 0.3) is 0 Å². The van der Waals surface area contributed by atoms with E-state index in [1.807, 2.05) is 31.2 Å². The van der Waals surface area contributed by atoms with E-state index in [2.05, 4.69) is 0 Å². The summed E-state index contributed by atoms with van der Waals surface area (Å²) in [5.41, 5.74) is 2.18. The first kappa shape index (κ1) is 13.1. The molecule has 2 nitrogen and oxygen atoms in total. The number of ether oxygens (including phenoxy) is 1. The molecule has 0 radical (unpaired) electrons. The second kappa shape index (κ2) is 5.25. The topological polar surface area (TPSA) is 29.5 Å². The SMILES string of the molecule is Cc1ccc(F)cc1C(O)c1cccc(OC2CC2)c1. The van der Waals surface area contributed by atoms with Crippen molar-refractivity contribution in [3.8, 4) is 5.75 Å². The van der Waals surface area contributed by atoms with Gasteiger partial charge in [0, 0.05) is 0 Å². The van der Waals surface area contributed by atoms with Gasteiger partial charge in [0.15, 0.2) is 0 Å². The molecule has 0 amide bonds. The Bertz CT molecular complexity index is 620. The second-order valence-electron chi connectivity index (χ2n) is 5.29. The molecule has 104 valence electrons. The predicted molar refractivity (Wildman–Crippen MR) is 75.3 cm³/mol. The summed E-state index contributed by atoms with van der Waals surface area (Å²) in [6.07, 6.45) is 1.66. The van der Waals surface area contributed by atoms with Gasteiger partial charge in [-0.1, -0.05) is 18.2 Å². The van der Waals surface area contributed by atoms with Crippen molar-refractivity contribution >= 4 is 0 Å². The first-order valence-electron chi connectivity index (χ1n) is 6.84. The van der Waals surface area contributed by atoms with Crippen LogP contribution in [0.5, 0.6) is 5.75 Å². The van der Waals surface area contributed by atoms with Crippen molar-refractivity contribution in [1.82, 2.24) is 0 Å². The molecule has 0 spiro atoms. The van der Waals surface area contributed by atoms with Crippen LogP contribution in [-0.2, 0) is 0 Å². The first-order valence-corrected chi connectivity index (χ1v) is 6.84. The van der Waals surface area contributed by atoms with E-state index in [1.165, 1.54) is 12.1 Å². The lowest BCUT2D eigenvalue weighted by atomic mass is 9.97. The van der Waals surface area contributed by atoms with Gasteiger partial charge < -0.3 is 9.84 Å². The molecule has 3 heteroatoms. The van der Waals surface area contributed by atoms with Crippen LogP contribution >= 0.6 is 0 Å². The Kier molecular flexibility index (Phi) is 3.45. The maximum atomic E-state index is 13.3. The van der Waals surface area contributed by atoms with Gasteiger partial charge in [-0.2, -0.15) is 0 Å². The lowest BCUT2D eigenvalue weighted by molar-refractivity contribution is 0.218. The van der Waals surface area contributed by atoms with Crippen LogP contribution in [0.3, 0.4) is 0 Å². The third-order valence-electron chi connectivity index (χ3n) is 3.54. The van der Waals surface area contributed by atoms with Gasteiger partial charge in [0.2, 0.25) is 0 Å². The number of halogens is 1. The van der Waals surface area contributed by atoms with Crippen molar-refractivity contribution in [3.63, 3.8) is 0 Å². The summed E-state index contributed by atoms with van der Waals surface area (Å²) in [6.45, 7) is 1.86. The molecule has 1 saturated carbocycles. The Hall–Kier alpha value is -1.87. The van der Waals surface area contributed by atoms with Crippen molar-refractivity contribution in [3.05, 3.63) is 65.0 Å². The minimum atomic E-state index is -0.839. The summed E-state index contributed by atoms with van der Waals surface area (Å²) in [4.78, 5) is 0. The van der Waals surface area contributed by atoms with E-state index in [1.54, 1.807) is 6.07 Å². The zero-order chi connectivity index (χ0) is 14.1. The quantitative estimate of drug-likeness (QED) is 0.918. The van der Waals surface area contributed by atoms with Gasteiger partial charge in [0.1, 0.15) is 17.7 Å². The Balaban J connectivity index is 1.88. The van der Waals surface area contributed by atoms with E-state index >= 15 is 0 Å². The zero-order valence-corrected chi connectivity index (χ0v) is 11.3. The lowest BCUT2D eigenvalue weighted by Crippen LogP contribution is -2.04. The highest BCUT2D eigenvalue weighted by atomic mass is 19.1. The minimum Gasteiger partial charge on any atom is -0.490 e. The molecule has 0 aliphatic heterocycles. The number of aliphatic hydroxyl groups excluding tert-OH is 1. The average Bonchev–Trinajstić information content (AvgIpc) is 3.25. The molecule has 1 atom stereocenters. The van der Waals surface area contributed by atoms with Gasteiger partial charge in [-0.15, -0.1) is 0 Å². The fourth-order valence-electron chi connectivity index (χ4n) is 2.22. The Morgan fingerprint density at radius 2 is 2.00 bits per heavy atom. The smallest absolute Gasteiger partial charge is 0.123 e. The van der Waals surface area contributed by atoms with E-state index < -0.39 is 6.10 Å². The molecule has 1 unspecified atom stereocenters. The third-order valence-corrected chi connectivity index (χ3v) is 3.54. The average molecular weight is 272 g/mol. The molecular formula is C17H17FO2. The number of benzene rings is 2. The molecule has 0 bridgehead atoms. The summed E-state index contributed by atoms with van der Waals surface area (Å²) in [5, 5.41) is 10.4. The van der Waals surface area contributed by atoms with Crippen LogP contribution in [0.1, 0.15) is 35.6 Å². The van der Waals surface area contributed by atoms with Crippen LogP contribution in [0.4, 0.5) is 4.39 Å². The summed E-state index contributed by atoms with van der Waals surface area (Å²) in [5.74, 6) is 0.424. The van der Waals surface area contributed by atoms with Gasteiger partial charge in [-0.05, 0) is 60.7 Å². The highest BCUT2D eigenvalue weighted by molar-refractivity contribution is 5.38. The molecule has 2 aromatic carbocycles. The number of hydrogen-bond donors (Lipinski definition) is 1. The third kappa shape index (κ3) is 2.83. The molecule has 1 fully saturated rings. The molecule has 20 heavy (non-hydrogen) atoms. The lowest BCUT2D eigenvalue weighted by Gasteiger charge is -2.15. The molecule has 3 rings (SSSR count). The first-order chi connectivity index (χ1) is 9.63. The van der Waals surface area contributed by atoms with Crippen LogP contribution in [0.15, 0.2) is 42.5 Å². The van der Waals surface area contributed by atoms with E-state index in [9.17, 15) is 9.50 Å². The number of aliphatic hydroxyl groups is 1. The van der Waals surface area contributed by atoms with Crippen molar-refractivity contribution in [2.75, 3.05) is 0 Å². The standard InChI is InChI=1S/C17H17FO2/c1-11-5-6-13(18)10-16(11)17(19)12-3-2-4-15(9-12)20-14-7-8-14/h2-6,9-10,14,17,19H,7-8H2,1H3. The highest BCUT2D eigenvalue weighted by Crippen LogP contribution is 2.31. The second-order valence-corrected chi connectivity index (χ2v) is 5.29.